The van der Waals surface area contributed by atoms with Crippen molar-refractivity contribution in [3.8, 4) is 0 Å². The molecular weight excluding hydrogens is 418 g/mol. The Bertz CT molecular complexity index is 1000. The Kier molecular flexibility index (Phi) is 5.11. The maximum atomic E-state index is 12.8. The van der Waals surface area contributed by atoms with Gasteiger partial charge in [0.05, 0.1) is 0 Å². The summed E-state index contributed by atoms with van der Waals surface area (Å²) in [5.74, 6) is 0.428. The second-order valence-electron chi connectivity index (χ2n) is 8.82. The average Bonchev–Trinajstić information content (AvgIpc) is 3.14. The first-order valence-corrected chi connectivity index (χ1v) is 12.9. The molecule has 5 rings (SSSR count). The molecule has 8 heteroatoms. The zero-order valence-corrected chi connectivity index (χ0v) is 18.5. The first-order chi connectivity index (χ1) is 14.5. The van der Waals surface area contributed by atoms with Crippen molar-refractivity contribution in [1.82, 2.24) is 14.5 Å². The zero-order chi connectivity index (χ0) is 20.8. The third-order valence-corrected chi connectivity index (χ3v) is 10.2. The summed E-state index contributed by atoms with van der Waals surface area (Å²) in [5, 5.41) is 5.00. The molecule has 2 atom stereocenters. The minimum atomic E-state index is -3.38. The van der Waals surface area contributed by atoms with E-state index < -0.39 is 10.0 Å². The van der Waals surface area contributed by atoms with Gasteiger partial charge in [-0.15, -0.1) is 11.3 Å². The van der Waals surface area contributed by atoms with Crippen LogP contribution in [0.2, 0.25) is 0 Å². The number of nitrogens with zero attached hydrogens (tertiary/aromatic N) is 2. The molecule has 0 radical (unpaired) electrons. The van der Waals surface area contributed by atoms with Gasteiger partial charge in [-0.1, -0.05) is 36.4 Å². The highest BCUT2D eigenvalue weighted by Crippen LogP contribution is 2.43. The van der Waals surface area contributed by atoms with Gasteiger partial charge >= 0.3 is 6.03 Å². The van der Waals surface area contributed by atoms with Gasteiger partial charge in [0.15, 0.2) is 0 Å². The van der Waals surface area contributed by atoms with Crippen LogP contribution in [-0.2, 0) is 10.0 Å². The number of amides is 2. The Labute approximate surface area is 181 Å². The maximum absolute atomic E-state index is 12.8. The van der Waals surface area contributed by atoms with Crippen molar-refractivity contribution < 1.29 is 13.2 Å². The molecule has 2 aromatic rings. The lowest BCUT2D eigenvalue weighted by Gasteiger charge is -2.38. The average molecular weight is 446 g/mol. The number of carbonyl (C=O) groups is 1. The Balaban J connectivity index is 1.14. The number of carbonyl (C=O) groups excluding carboxylic acids is 1. The van der Waals surface area contributed by atoms with Crippen LogP contribution in [0.15, 0.2) is 52.1 Å². The number of likely N-dealkylation sites (tertiary alicyclic amines) is 1. The highest BCUT2D eigenvalue weighted by atomic mass is 32.2. The van der Waals surface area contributed by atoms with Crippen LogP contribution in [-0.4, -0.2) is 55.9 Å². The van der Waals surface area contributed by atoms with Crippen molar-refractivity contribution in [1.29, 1.82) is 0 Å². The number of hydrogen-bond acceptors (Lipinski definition) is 4. The molecule has 160 valence electrons. The number of urea groups is 1. The molecule has 1 spiro atoms. The van der Waals surface area contributed by atoms with Crippen molar-refractivity contribution in [2.24, 2.45) is 5.41 Å². The standard InChI is InChI=1S/C22H27N3O3S2/c26-21(23-19-15-18(19)17-5-2-1-3-6-17)24-11-8-22(16-24)9-12-25(13-10-22)30(27,28)20-7-4-14-29-20/h1-7,14,18-19H,8-13,15-16H2,(H,23,26)/t18-,19+/m0/s1. The summed E-state index contributed by atoms with van der Waals surface area (Å²) in [7, 11) is -3.38. The summed E-state index contributed by atoms with van der Waals surface area (Å²) in [4.78, 5) is 14.7. The second kappa shape index (κ2) is 7.66. The smallest absolute Gasteiger partial charge is 0.317 e. The maximum Gasteiger partial charge on any atom is 0.317 e. The minimum Gasteiger partial charge on any atom is -0.335 e. The molecule has 2 amide bonds. The summed E-state index contributed by atoms with van der Waals surface area (Å²) in [6.45, 7) is 2.56. The van der Waals surface area contributed by atoms with Gasteiger partial charge < -0.3 is 10.2 Å². The number of sulfonamides is 1. The number of benzene rings is 1. The van der Waals surface area contributed by atoms with Crippen molar-refractivity contribution >= 4 is 27.4 Å². The fourth-order valence-electron chi connectivity index (χ4n) is 4.93. The van der Waals surface area contributed by atoms with E-state index >= 15 is 0 Å². The number of thiophene rings is 1. The number of nitrogens with one attached hydrogen (secondary N) is 1. The monoisotopic (exact) mass is 445 g/mol. The lowest BCUT2D eigenvalue weighted by molar-refractivity contribution is 0.154. The first-order valence-electron chi connectivity index (χ1n) is 10.6. The Morgan fingerprint density at radius 3 is 2.47 bits per heavy atom. The molecule has 6 nitrogen and oxygen atoms in total. The number of hydrogen-bond donors (Lipinski definition) is 1. The Morgan fingerprint density at radius 1 is 1.03 bits per heavy atom. The van der Waals surface area contributed by atoms with E-state index in [1.54, 1.807) is 21.8 Å². The minimum absolute atomic E-state index is 0.0314. The van der Waals surface area contributed by atoms with Gasteiger partial charge in [-0.3, -0.25) is 0 Å². The zero-order valence-electron chi connectivity index (χ0n) is 16.9. The lowest BCUT2D eigenvalue weighted by atomic mass is 9.78. The molecule has 2 saturated heterocycles. The predicted molar refractivity (Wildman–Crippen MR) is 117 cm³/mol. The lowest BCUT2D eigenvalue weighted by Crippen LogP contribution is -2.46. The highest BCUT2D eigenvalue weighted by molar-refractivity contribution is 7.91. The predicted octanol–water partition coefficient (Wildman–Crippen LogP) is 3.49. The van der Waals surface area contributed by atoms with Crippen molar-refractivity contribution in [3.05, 3.63) is 53.4 Å². The van der Waals surface area contributed by atoms with E-state index in [1.165, 1.54) is 16.9 Å². The molecule has 1 aromatic heterocycles. The SMILES string of the molecule is O=C(N[C@@H]1C[C@H]1c1ccccc1)N1CCC2(CCN(S(=O)(=O)c3cccs3)CC2)C1. The number of rotatable bonds is 4. The molecule has 1 saturated carbocycles. The molecule has 1 aromatic carbocycles. The van der Waals surface area contributed by atoms with Crippen LogP contribution < -0.4 is 5.32 Å². The van der Waals surface area contributed by atoms with Crippen LogP contribution in [0.3, 0.4) is 0 Å². The molecule has 2 aliphatic heterocycles. The van der Waals surface area contributed by atoms with E-state index in [0.717, 1.165) is 38.8 Å². The fraction of sp³-hybridized carbons (Fsp3) is 0.500. The summed E-state index contributed by atoms with van der Waals surface area (Å²) in [5.41, 5.74) is 1.35. The summed E-state index contributed by atoms with van der Waals surface area (Å²) in [6.07, 6.45) is 3.60. The van der Waals surface area contributed by atoms with E-state index in [2.05, 4.69) is 17.4 Å². The quantitative estimate of drug-likeness (QED) is 0.783. The third kappa shape index (κ3) is 3.76. The van der Waals surface area contributed by atoms with E-state index in [-0.39, 0.29) is 17.5 Å². The summed E-state index contributed by atoms with van der Waals surface area (Å²) < 4.78 is 27.6. The van der Waals surface area contributed by atoms with Gasteiger partial charge in [-0.25, -0.2) is 13.2 Å². The topological polar surface area (TPSA) is 69.7 Å². The second-order valence-corrected chi connectivity index (χ2v) is 11.9. The van der Waals surface area contributed by atoms with Crippen LogP contribution in [0, 0.1) is 5.41 Å². The van der Waals surface area contributed by atoms with Crippen LogP contribution in [0.4, 0.5) is 4.79 Å². The van der Waals surface area contributed by atoms with Crippen LogP contribution in [0.5, 0.6) is 0 Å². The van der Waals surface area contributed by atoms with Crippen molar-refractivity contribution in [3.63, 3.8) is 0 Å². The molecule has 0 bridgehead atoms. The molecular formula is C22H27N3O3S2. The third-order valence-electron chi connectivity index (χ3n) is 6.92. The molecule has 3 heterocycles. The van der Waals surface area contributed by atoms with E-state index in [1.807, 2.05) is 23.1 Å². The first kappa shape index (κ1) is 20.0. The fourth-order valence-corrected chi connectivity index (χ4v) is 7.51. The van der Waals surface area contributed by atoms with Gasteiger partial charge in [0.2, 0.25) is 0 Å². The van der Waals surface area contributed by atoms with E-state index in [9.17, 15) is 13.2 Å². The molecule has 30 heavy (non-hydrogen) atoms. The van der Waals surface area contributed by atoms with Crippen molar-refractivity contribution in [2.45, 2.75) is 41.9 Å². The normalized spacial score (nSPS) is 26.1. The Hall–Kier alpha value is -1.90. The van der Waals surface area contributed by atoms with Crippen LogP contribution in [0.1, 0.15) is 37.2 Å². The summed E-state index contributed by atoms with van der Waals surface area (Å²) in [6, 6.07) is 14.1. The van der Waals surface area contributed by atoms with E-state index in [4.69, 9.17) is 0 Å². The van der Waals surface area contributed by atoms with Gasteiger partial charge in [0, 0.05) is 38.1 Å². The van der Waals surface area contributed by atoms with Gasteiger partial charge in [0.1, 0.15) is 4.21 Å². The van der Waals surface area contributed by atoms with Crippen LogP contribution in [0.25, 0.3) is 0 Å². The summed E-state index contributed by atoms with van der Waals surface area (Å²) >= 11 is 1.27. The van der Waals surface area contributed by atoms with Gasteiger partial charge in [0.25, 0.3) is 10.0 Å². The Morgan fingerprint density at radius 2 is 1.77 bits per heavy atom. The highest BCUT2D eigenvalue weighted by Gasteiger charge is 2.46. The van der Waals surface area contributed by atoms with Gasteiger partial charge in [-0.05, 0) is 48.1 Å². The van der Waals surface area contributed by atoms with E-state index in [0.29, 0.717) is 23.2 Å². The molecule has 3 fully saturated rings. The van der Waals surface area contributed by atoms with Crippen molar-refractivity contribution in [2.75, 3.05) is 26.2 Å². The molecule has 3 aliphatic rings. The largest absolute Gasteiger partial charge is 0.335 e. The van der Waals surface area contributed by atoms with Crippen LogP contribution >= 0.6 is 11.3 Å². The van der Waals surface area contributed by atoms with Gasteiger partial charge in [-0.2, -0.15) is 4.31 Å². The molecule has 1 N–H and O–H groups in total. The number of piperidine rings is 1. The molecule has 1 aliphatic carbocycles. The molecule has 0 unspecified atom stereocenters.